The lowest BCUT2D eigenvalue weighted by molar-refractivity contribution is -0.0260. The molecule has 1 amide bonds. The number of hydrogen-bond acceptors (Lipinski definition) is 4. The number of carbonyl (C=O) groups excluding carboxylic acids is 1. The van der Waals surface area contributed by atoms with Gasteiger partial charge in [0.1, 0.15) is 11.4 Å². The molecule has 1 N–H and O–H groups in total. The van der Waals surface area contributed by atoms with E-state index in [2.05, 4.69) is 23.8 Å². The molecule has 1 aliphatic rings. The maximum absolute atomic E-state index is 12.6. The van der Waals surface area contributed by atoms with Crippen molar-refractivity contribution in [1.82, 2.24) is 14.9 Å². The van der Waals surface area contributed by atoms with Crippen LogP contribution in [0.2, 0.25) is 0 Å². The number of H-pyrrole nitrogens is 1. The SMILES string of the molecule is CC(C)CCC[C@H]1CN(C(=O)c2cnc(C(C)C)[nH]c2=O)CCO1. The Kier molecular flexibility index (Phi) is 6.54. The summed E-state index contributed by atoms with van der Waals surface area (Å²) in [7, 11) is 0. The van der Waals surface area contributed by atoms with E-state index in [-0.39, 0.29) is 29.1 Å². The largest absolute Gasteiger partial charge is 0.375 e. The maximum atomic E-state index is 12.6. The molecule has 0 spiro atoms. The summed E-state index contributed by atoms with van der Waals surface area (Å²) in [6.07, 6.45) is 4.66. The molecule has 2 rings (SSSR count). The minimum Gasteiger partial charge on any atom is -0.375 e. The van der Waals surface area contributed by atoms with Crippen LogP contribution in [0.25, 0.3) is 0 Å². The Morgan fingerprint density at radius 2 is 2.17 bits per heavy atom. The average Bonchev–Trinajstić information content (AvgIpc) is 2.54. The second kappa shape index (κ2) is 8.42. The third-order valence-electron chi connectivity index (χ3n) is 4.33. The zero-order chi connectivity index (χ0) is 17.7. The van der Waals surface area contributed by atoms with Gasteiger partial charge in [0.25, 0.3) is 11.5 Å². The first-order chi connectivity index (χ1) is 11.4. The van der Waals surface area contributed by atoms with Crippen molar-refractivity contribution >= 4 is 5.91 Å². The van der Waals surface area contributed by atoms with Crippen molar-refractivity contribution in [3.63, 3.8) is 0 Å². The fraction of sp³-hybridized carbons (Fsp3) is 0.722. The molecule has 6 heteroatoms. The van der Waals surface area contributed by atoms with E-state index in [1.54, 1.807) is 4.90 Å². The van der Waals surface area contributed by atoms with Crippen molar-refractivity contribution in [2.45, 2.75) is 59.0 Å². The van der Waals surface area contributed by atoms with Crippen LogP contribution in [0.1, 0.15) is 69.1 Å². The first-order valence-electron chi connectivity index (χ1n) is 8.88. The van der Waals surface area contributed by atoms with Crippen molar-refractivity contribution in [3.05, 3.63) is 27.9 Å². The molecule has 0 aromatic carbocycles. The highest BCUT2D eigenvalue weighted by Crippen LogP contribution is 2.16. The first kappa shape index (κ1) is 18.6. The number of aromatic amines is 1. The quantitative estimate of drug-likeness (QED) is 0.867. The zero-order valence-corrected chi connectivity index (χ0v) is 15.2. The lowest BCUT2D eigenvalue weighted by Gasteiger charge is -2.33. The van der Waals surface area contributed by atoms with Gasteiger partial charge in [-0.3, -0.25) is 9.59 Å². The van der Waals surface area contributed by atoms with Gasteiger partial charge in [0.15, 0.2) is 0 Å². The monoisotopic (exact) mass is 335 g/mol. The van der Waals surface area contributed by atoms with Crippen LogP contribution in [0, 0.1) is 5.92 Å². The third kappa shape index (κ3) is 4.90. The van der Waals surface area contributed by atoms with Gasteiger partial charge in [-0.15, -0.1) is 0 Å². The number of morpholine rings is 1. The van der Waals surface area contributed by atoms with Crippen LogP contribution in [0.4, 0.5) is 0 Å². The predicted molar refractivity (Wildman–Crippen MR) is 93.3 cm³/mol. The van der Waals surface area contributed by atoms with Gasteiger partial charge in [-0.05, 0) is 12.3 Å². The molecule has 1 fully saturated rings. The van der Waals surface area contributed by atoms with E-state index < -0.39 is 0 Å². The van der Waals surface area contributed by atoms with Gasteiger partial charge in [0, 0.05) is 25.2 Å². The number of nitrogens with one attached hydrogen (secondary N) is 1. The van der Waals surface area contributed by atoms with Crippen LogP contribution in [-0.2, 0) is 4.74 Å². The maximum Gasteiger partial charge on any atom is 0.263 e. The minimum atomic E-state index is -0.360. The Morgan fingerprint density at radius 1 is 1.42 bits per heavy atom. The van der Waals surface area contributed by atoms with Crippen LogP contribution in [0.15, 0.2) is 11.0 Å². The number of hydrogen-bond donors (Lipinski definition) is 1. The van der Waals surface area contributed by atoms with E-state index in [0.717, 1.165) is 19.3 Å². The van der Waals surface area contributed by atoms with Crippen molar-refractivity contribution < 1.29 is 9.53 Å². The molecule has 6 nitrogen and oxygen atoms in total. The molecule has 1 atom stereocenters. The van der Waals surface area contributed by atoms with Crippen LogP contribution >= 0.6 is 0 Å². The van der Waals surface area contributed by atoms with Crippen LogP contribution < -0.4 is 5.56 Å². The summed E-state index contributed by atoms with van der Waals surface area (Å²) in [4.78, 5) is 33.5. The number of ether oxygens (including phenoxy) is 1. The van der Waals surface area contributed by atoms with Gasteiger partial charge < -0.3 is 14.6 Å². The van der Waals surface area contributed by atoms with E-state index in [1.807, 2.05) is 13.8 Å². The predicted octanol–water partition coefficient (Wildman–Crippen LogP) is 2.56. The second-order valence-electron chi connectivity index (χ2n) is 7.23. The molecule has 0 unspecified atom stereocenters. The van der Waals surface area contributed by atoms with E-state index in [9.17, 15) is 9.59 Å². The van der Waals surface area contributed by atoms with E-state index in [1.165, 1.54) is 6.20 Å². The highest BCUT2D eigenvalue weighted by atomic mass is 16.5. The number of nitrogens with zero attached hydrogens (tertiary/aromatic N) is 2. The van der Waals surface area contributed by atoms with Gasteiger partial charge in [-0.1, -0.05) is 40.5 Å². The first-order valence-corrected chi connectivity index (χ1v) is 8.88. The molecule has 1 aromatic rings. The van der Waals surface area contributed by atoms with E-state index in [4.69, 9.17) is 4.74 Å². The Hall–Kier alpha value is -1.69. The second-order valence-corrected chi connectivity index (χ2v) is 7.23. The Labute approximate surface area is 143 Å². The number of aromatic nitrogens is 2. The molecule has 1 aromatic heterocycles. The smallest absolute Gasteiger partial charge is 0.263 e. The molecule has 0 radical (unpaired) electrons. The Bertz CT molecular complexity index is 610. The number of carbonyl (C=O) groups is 1. The normalized spacial score (nSPS) is 18.4. The summed E-state index contributed by atoms with van der Waals surface area (Å²) in [6.45, 7) is 9.89. The lowest BCUT2D eigenvalue weighted by Crippen LogP contribution is -2.47. The zero-order valence-electron chi connectivity index (χ0n) is 15.2. The highest BCUT2D eigenvalue weighted by molar-refractivity contribution is 5.93. The molecule has 134 valence electrons. The van der Waals surface area contributed by atoms with Crippen LogP contribution in [-0.4, -0.2) is 46.6 Å². The summed E-state index contributed by atoms with van der Waals surface area (Å²) in [5.41, 5.74) is -0.246. The van der Waals surface area contributed by atoms with E-state index >= 15 is 0 Å². The standard InChI is InChI=1S/C18H29N3O3/c1-12(2)6-5-7-14-11-21(8-9-24-14)18(23)15-10-19-16(13(3)4)20-17(15)22/h10,12-14H,5-9,11H2,1-4H3,(H,19,20,22)/t14-/m0/s1. The van der Waals surface area contributed by atoms with Gasteiger partial charge in [0.05, 0.1) is 12.7 Å². The molecule has 1 saturated heterocycles. The van der Waals surface area contributed by atoms with Crippen molar-refractivity contribution in [2.75, 3.05) is 19.7 Å². The fourth-order valence-corrected chi connectivity index (χ4v) is 2.86. The number of amides is 1. The van der Waals surface area contributed by atoms with Crippen molar-refractivity contribution in [1.29, 1.82) is 0 Å². The molecular formula is C18H29N3O3. The topological polar surface area (TPSA) is 75.3 Å². The molecule has 1 aliphatic heterocycles. The highest BCUT2D eigenvalue weighted by Gasteiger charge is 2.26. The number of rotatable bonds is 6. The summed E-state index contributed by atoms with van der Waals surface area (Å²) in [5, 5.41) is 0. The van der Waals surface area contributed by atoms with Crippen molar-refractivity contribution in [2.24, 2.45) is 5.92 Å². The fourth-order valence-electron chi connectivity index (χ4n) is 2.86. The van der Waals surface area contributed by atoms with Gasteiger partial charge >= 0.3 is 0 Å². The lowest BCUT2D eigenvalue weighted by atomic mass is 10.0. The Balaban J connectivity index is 2.00. The molecule has 2 heterocycles. The average molecular weight is 335 g/mol. The summed E-state index contributed by atoms with van der Waals surface area (Å²) in [5.74, 6) is 1.15. The molecule has 24 heavy (non-hydrogen) atoms. The van der Waals surface area contributed by atoms with E-state index in [0.29, 0.717) is 31.4 Å². The Morgan fingerprint density at radius 3 is 2.79 bits per heavy atom. The van der Waals surface area contributed by atoms with Crippen LogP contribution in [0.3, 0.4) is 0 Å². The minimum absolute atomic E-state index is 0.0587. The molecule has 0 aliphatic carbocycles. The third-order valence-corrected chi connectivity index (χ3v) is 4.33. The summed E-state index contributed by atoms with van der Waals surface area (Å²) >= 11 is 0. The molecular weight excluding hydrogens is 306 g/mol. The summed E-state index contributed by atoms with van der Waals surface area (Å²) in [6, 6.07) is 0. The van der Waals surface area contributed by atoms with Crippen LogP contribution in [0.5, 0.6) is 0 Å². The van der Waals surface area contributed by atoms with Crippen molar-refractivity contribution in [3.8, 4) is 0 Å². The summed E-state index contributed by atoms with van der Waals surface area (Å²) < 4.78 is 5.76. The molecule has 0 bridgehead atoms. The van der Waals surface area contributed by atoms with Gasteiger partial charge in [-0.2, -0.15) is 0 Å². The van der Waals surface area contributed by atoms with Gasteiger partial charge in [0.2, 0.25) is 0 Å². The van der Waals surface area contributed by atoms with Gasteiger partial charge in [-0.25, -0.2) is 4.98 Å². The molecule has 0 saturated carbocycles.